The highest BCUT2D eigenvalue weighted by atomic mass is 35.5. The lowest BCUT2D eigenvalue weighted by molar-refractivity contribution is 1.41. The molecule has 96 valence electrons. The topological polar surface area (TPSA) is 48.7 Å². The Labute approximate surface area is 121 Å². The van der Waals surface area contributed by atoms with Crippen molar-refractivity contribution in [2.24, 2.45) is 0 Å². The lowest BCUT2D eigenvalue weighted by Crippen LogP contribution is -1.93. The van der Waals surface area contributed by atoms with Gasteiger partial charge in [0, 0.05) is 17.3 Å². The standard InChI is InChI=1S/C16H10ClN3/c17-13-9-11(10-18)6-7-16(13)20-15-5-1-4-14-12(15)3-2-8-19-14/h1-9,20H. The Morgan fingerprint density at radius 3 is 2.75 bits per heavy atom. The molecule has 3 rings (SSSR count). The minimum absolute atomic E-state index is 0.518. The first-order chi connectivity index (χ1) is 9.78. The second-order valence-corrected chi connectivity index (χ2v) is 4.71. The molecule has 3 aromatic rings. The number of benzene rings is 2. The molecule has 0 saturated carbocycles. The second-order valence-electron chi connectivity index (χ2n) is 4.31. The Hall–Kier alpha value is -2.57. The molecular formula is C16H10ClN3. The van der Waals surface area contributed by atoms with Gasteiger partial charge in [0.25, 0.3) is 0 Å². The van der Waals surface area contributed by atoms with Crippen LogP contribution >= 0.6 is 11.6 Å². The Morgan fingerprint density at radius 1 is 1.05 bits per heavy atom. The van der Waals surface area contributed by atoms with E-state index >= 15 is 0 Å². The van der Waals surface area contributed by atoms with E-state index < -0.39 is 0 Å². The molecule has 1 aromatic heterocycles. The molecule has 0 aliphatic rings. The molecule has 0 atom stereocenters. The van der Waals surface area contributed by atoms with Crippen LogP contribution in [0.5, 0.6) is 0 Å². The molecule has 1 N–H and O–H groups in total. The Kier molecular flexibility index (Phi) is 3.24. The van der Waals surface area contributed by atoms with Crippen LogP contribution in [-0.4, -0.2) is 4.98 Å². The smallest absolute Gasteiger partial charge is 0.0992 e. The summed E-state index contributed by atoms with van der Waals surface area (Å²) < 4.78 is 0. The van der Waals surface area contributed by atoms with Gasteiger partial charge in [-0.25, -0.2) is 0 Å². The number of rotatable bonds is 2. The lowest BCUT2D eigenvalue weighted by Gasteiger charge is -2.11. The van der Waals surface area contributed by atoms with Crippen molar-refractivity contribution in [2.75, 3.05) is 5.32 Å². The van der Waals surface area contributed by atoms with Gasteiger partial charge in [-0.15, -0.1) is 0 Å². The van der Waals surface area contributed by atoms with Crippen LogP contribution in [0.3, 0.4) is 0 Å². The predicted molar refractivity (Wildman–Crippen MR) is 81.2 cm³/mol. The van der Waals surface area contributed by atoms with Crippen molar-refractivity contribution in [1.29, 1.82) is 5.26 Å². The molecule has 20 heavy (non-hydrogen) atoms. The van der Waals surface area contributed by atoms with Gasteiger partial charge in [0.1, 0.15) is 0 Å². The number of pyridine rings is 1. The van der Waals surface area contributed by atoms with E-state index in [1.165, 1.54) is 0 Å². The Bertz CT molecular complexity index is 816. The molecule has 1 heterocycles. The summed E-state index contributed by atoms with van der Waals surface area (Å²) in [5.74, 6) is 0. The Balaban J connectivity index is 2.04. The molecular weight excluding hydrogens is 270 g/mol. The van der Waals surface area contributed by atoms with Crippen molar-refractivity contribution >= 4 is 33.9 Å². The largest absolute Gasteiger partial charge is 0.354 e. The van der Waals surface area contributed by atoms with Crippen LogP contribution < -0.4 is 5.32 Å². The first-order valence-electron chi connectivity index (χ1n) is 6.08. The number of hydrogen-bond acceptors (Lipinski definition) is 3. The minimum Gasteiger partial charge on any atom is -0.354 e. The fourth-order valence-electron chi connectivity index (χ4n) is 2.04. The van der Waals surface area contributed by atoms with Gasteiger partial charge < -0.3 is 5.32 Å². The highest BCUT2D eigenvalue weighted by molar-refractivity contribution is 6.33. The van der Waals surface area contributed by atoms with Gasteiger partial charge in [-0.05, 0) is 42.5 Å². The van der Waals surface area contributed by atoms with Gasteiger partial charge >= 0.3 is 0 Å². The zero-order valence-corrected chi connectivity index (χ0v) is 11.2. The maximum absolute atomic E-state index is 8.85. The summed E-state index contributed by atoms with van der Waals surface area (Å²) in [4.78, 5) is 4.32. The minimum atomic E-state index is 0.518. The van der Waals surface area contributed by atoms with Crippen LogP contribution in [-0.2, 0) is 0 Å². The van der Waals surface area contributed by atoms with Crippen LogP contribution in [0, 0.1) is 11.3 Å². The molecule has 4 heteroatoms. The first-order valence-corrected chi connectivity index (χ1v) is 6.46. The third-order valence-electron chi connectivity index (χ3n) is 3.01. The SMILES string of the molecule is N#Cc1ccc(Nc2cccc3ncccc23)c(Cl)c1. The van der Waals surface area contributed by atoms with E-state index in [0.717, 1.165) is 22.3 Å². The Morgan fingerprint density at radius 2 is 1.95 bits per heavy atom. The van der Waals surface area contributed by atoms with Crippen molar-refractivity contribution in [3.05, 3.63) is 65.3 Å². The highest BCUT2D eigenvalue weighted by Gasteiger charge is 2.05. The van der Waals surface area contributed by atoms with Crippen LogP contribution in [0.25, 0.3) is 10.9 Å². The zero-order valence-electron chi connectivity index (χ0n) is 10.5. The maximum atomic E-state index is 8.85. The first kappa shape index (κ1) is 12.5. The van der Waals surface area contributed by atoms with E-state index in [0.29, 0.717) is 10.6 Å². The van der Waals surface area contributed by atoms with Gasteiger partial charge in [0.2, 0.25) is 0 Å². The third-order valence-corrected chi connectivity index (χ3v) is 3.33. The van der Waals surface area contributed by atoms with Crippen molar-refractivity contribution in [2.45, 2.75) is 0 Å². The van der Waals surface area contributed by atoms with Crippen LogP contribution in [0.2, 0.25) is 5.02 Å². The normalized spacial score (nSPS) is 10.2. The van der Waals surface area contributed by atoms with Crippen molar-refractivity contribution < 1.29 is 0 Å². The molecule has 0 amide bonds. The van der Waals surface area contributed by atoms with Gasteiger partial charge in [0.05, 0.1) is 27.9 Å². The molecule has 0 unspecified atom stereocenters. The molecule has 0 aliphatic heterocycles. The molecule has 3 nitrogen and oxygen atoms in total. The van der Waals surface area contributed by atoms with E-state index in [-0.39, 0.29) is 0 Å². The highest BCUT2D eigenvalue weighted by Crippen LogP contribution is 2.29. The van der Waals surface area contributed by atoms with E-state index in [4.69, 9.17) is 16.9 Å². The third kappa shape index (κ3) is 2.29. The lowest BCUT2D eigenvalue weighted by atomic mass is 10.1. The molecule has 0 spiro atoms. The zero-order chi connectivity index (χ0) is 13.9. The van der Waals surface area contributed by atoms with E-state index in [9.17, 15) is 0 Å². The van der Waals surface area contributed by atoms with E-state index in [1.54, 1.807) is 24.4 Å². The van der Waals surface area contributed by atoms with Crippen molar-refractivity contribution in [3.8, 4) is 6.07 Å². The summed E-state index contributed by atoms with van der Waals surface area (Å²) in [6, 6.07) is 17.0. The quantitative estimate of drug-likeness (QED) is 0.751. The summed E-state index contributed by atoms with van der Waals surface area (Å²) in [6.07, 6.45) is 1.76. The predicted octanol–water partition coefficient (Wildman–Crippen LogP) is 4.50. The summed E-state index contributed by atoms with van der Waals surface area (Å²) in [7, 11) is 0. The molecule has 0 saturated heterocycles. The average Bonchev–Trinajstić information content (AvgIpc) is 2.49. The van der Waals surface area contributed by atoms with Crippen molar-refractivity contribution in [3.63, 3.8) is 0 Å². The van der Waals surface area contributed by atoms with Gasteiger partial charge in [-0.2, -0.15) is 5.26 Å². The molecule has 0 radical (unpaired) electrons. The molecule has 0 bridgehead atoms. The number of halogens is 1. The van der Waals surface area contributed by atoms with E-state index in [1.807, 2.05) is 30.3 Å². The van der Waals surface area contributed by atoms with Gasteiger partial charge in [0.15, 0.2) is 0 Å². The van der Waals surface area contributed by atoms with Gasteiger partial charge in [-0.3, -0.25) is 4.98 Å². The van der Waals surface area contributed by atoms with Gasteiger partial charge in [-0.1, -0.05) is 17.7 Å². The van der Waals surface area contributed by atoms with Crippen molar-refractivity contribution in [1.82, 2.24) is 4.98 Å². The van der Waals surface area contributed by atoms with Crippen LogP contribution in [0.1, 0.15) is 5.56 Å². The summed E-state index contributed by atoms with van der Waals surface area (Å²) in [5, 5.41) is 13.7. The number of nitriles is 1. The van der Waals surface area contributed by atoms with Crippen LogP contribution in [0.15, 0.2) is 54.7 Å². The fourth-order valence-corrected chi connectivity index (χ4v) is 2.27. The number of nitrogens with zero attached hydrogens (tertiary/aromatic N) is 2. The maximum Gasteiger partial charge on any atom is 0.0992 e. The molecule has 0 aliphatic carbocycles. The van der Waals surface area contributed by atoms with Crippen LogP contribution in [0.4, 0.5) is 11.4 Å². The average molecular weight is 280 g/mol. The number of anilines is 2. The van der Waals surface area contributed by atoms with E-state index in [2.05, 4.69) is 16.4 Å². The number of hydrogen-bond donors (Lipinski definition) is 1. The second kappa shape index (κ2) is 5.20. The molecule has 2 aromatic carbocycles. The summed E-state index contributed by atoms with van der Waals surface area (Å²) >= 11 is 6.18. The fraction of sp³-hybridized carbons (Fsp3) is 0. The summed E-state index contributed by atoms with van der Waals surface area (Å²) in [6.45, 7) is 0. The monoisotopic (exact) mass is 279 g/mol. The number of fused-ring (bicyclic) bond motifs is 1. The molecule has 0 fully saturated rings. The number of nitrogens with one attached hydrogen (secondary N) is 1. The number of aromatic nitrogens is 1. The summed E-state index contributed by atoms with van der Waals surface area (Å²) in [5.41, 5.74) is 3.16.